The van der Waals surface area contributed by atoms with Gasteiger partial charge in [0.25, 0.3) is 6.71 Å². The van der Waals surface area contributed by atoms with Gasteiger partial charge in [-0.15, -0.1) is 0 Å². The lowest BCUT2D eigenvalue weighted by molar-refractivity contribution is 0.590. The van der Waals surface area contributed by atoms with Crippen LogP contribution in [0.5, 0.6) is 0 Å². The molecule has 0 spiro atoms. The Hall–Kier alpha value is -10.9. The van der Waals surface area contributed by atoms with E-state index in [2.05, 4.69) is 358 Å². The smallest absolute Gasteiger partial charge is 0.252 e. The highest BCUT2D eigenvalue weighted by Crippen LogP contribution is 2.55. The van der Waals surface area contributed by atoms with Crippen LogP contribution in [0.3, 0.4) is 0 Å². The van der Waals surface area contributed by atoms with Crippen LogP contribution >= 0.6 is 0 Å². The summed E-state index contributed by atoms with van der Waals surface area (Å²) >= 11 is 0. The highest BCUT2D eigenvalue weighted by atomic mass is 15.2. The maximum atomic E-state index is 2.67. The van der Waals surface area contributed by atoms with Crippen molar-refractivity contribution in [3.8, 4) is 55.9 Å². The number of benzene rings is 13. The van der Waals surface area contributed by atoms with Crippen LogP contribution in [0.2, 0.25) is 0 Å². The van der Waals surface area contributed by atoms with Crippen molar-refractivity contribution in [1.82, 2.24) is 9.13 Å². The molecule has 0 aliphatic carbocycles. The van der Waals surface area contributed by atoms with Crippen LogP contribution < -0.4 is 26.2 Å². The van der Waals surface area contributed by atoms with Gasteiger partial charge in [-0.3, -0.25) is 0 Å². The Bertz CT molecular complexity index is 4820. The van der Waals surface area contributed by atoms with Crippen molar-refractivity contribution in [1.29, 1.82) is 0 Å². The van der Waals surface area contributed by atoms with Crippen molar-refractivity contribution in [2.45, 2.75) is 52.4 Å². The molecule has 13 aromatic carbocycles. The highest BCUT2D eigenvalue weighted by Gasteiger charge is 2.46. The fourth-order valence-electron chi connectivity index (χ4n) is 15.0. The van der Waals surface area contributed by atoms with E-state index in [4.69, 9.17) is 0 Å². The number of hydrogen-bond acceptors (Lipinski definition) is 2. The summed E-state index contributed by atoms with van der Waals surface area (Å²) < 4.78 is 4.97. The van der Waals surface area contributed by atoms with Crippen molar-refractivity contribution in [2.24, 2.45) is 0 Å². The molecule has 2 aliphatic rings. The van der Waals surface area contributed by atoms with Crippen LogP contribution in [0.4, 0.5) is 34.1 Å². The first-order valence-corrected chi connectivity index (χ1v) is 32.0. The maximum absolute atomic E-state index is 2.67. The summed E-state index contributed by atoms with van der Waals surface area (Å²) in [6.07, 6.45) is 0. The number of nitrogens with zero attached hydrogens (tertiary/aromatic N) is 4. The third-order valence-electron chi connectivity index (χ3n) is 19.4. The van der Waals surface area contributed by atoms with Gasteiger partial charge < -0.3 is 18.9 Å². The van der Waals surface area contributed by atoms with Gasteiger partial charge >= 0.3 is 0 Å². The van der Waals surface area contributed by atoms with Crippen LogP contribution in [0.1, 0.15) is 52.7 Å². The summed E-state index contributed by atoms with van der Waals surface area (Å²) in [5.74, 6) is 0. The lowest BCUT2D eigenvalue weighted by Gasteiger charge is -2.46. The molecule has 0 N–H and O–H groups in total. The van der Waals surface area contributed by atoms with E-state index in [-0.39, 0.29) is 17.5 Å². The standard InChI is InChI=1S/C86H67BN4/c1-85(2,3)60-50-68(56-28-11-7-12-29-56)83(69(51-60)57-30-13-8-14-31-57)90-78-44-27-45-79-82(78)87(72-48-46-62(54-80(72)90)88-74-40-23-19-36-64(74)65-37-20-24-41-75(65)88)73-49-47-63(89-76-42-25-21-38-66(76)67-39-22-26-43-77(67)89)55-81(73)91(79)84-70(58-32-15-9-16-33-58)52-61(86(4,5)6)53-71(84)59-34-17-10-18-35-59/h7-55H,1-6H3. The summed E-state index contributed by atoms with van der Waals surface area (Å²) in [4.78, 5) is 5.35. The third kappa shape index (κ3) is 8.66. The second-order valence-corrected chi connectivity index (χ2v) is 26.8. The SMILES string of the molecule is CC(C)(C)c1cc(-c2ccccc2)c(N2c3cc(-n4c5ccccc5c5ccccc54)ccc3B3c4ccc(-n5c6ccccc6c6ccccc65)cc4N(c4c(-c5ccccc5)cc(C(C)(C)C)cc4-c4ccccc4)c4cccc2c43)c(-c2ccccc2)c1. The van der Waals surface area contributed by atoms with Crippen molar-refractivity contribution >= 4 is 101 Å². The number of rotatable bonds is 8. The van der Waals surface area contributed by atoms with E-state index in [1.165, 1.54) is 93.4 Å². The van der Waals surface area contributed by atoms with E-state index >= 15 is 0 Å². The molecule has 0 saturated carbocycles. The van der Waals surface area contributed by atoms with Gasteiger partial charge in [-0.25, -0.2) is 0 Å². The molecule has 17 rings (SSSR count). The predicted octanol–water partition coefficient (Wildman–Crippen LogP) is 21.2. The molecule has 91 heavy (non-hydrogen) atoms. The first kappa shape index (κ1) is 54.3. The lowest BCUT2D eigenvalue weighted by Crippen LogP contribution is -2.61. The number of aromatic nitrogens is 2. The van der Waals surface area contributed by atoms with Gasteiger partial charge in [0.2, 0.25) is 0 Å². The Balaban J connectivity index is 1.04. The van der Waals surface area contributed by atoms with Crippen LogP contribution in [-0.2, 0) is 10.8 Å². The first-order valence-electron chi connectivity index (χ1n) is 32.0. The van der Waals surface area contributed by atoms with Crippen LogP contribution in [0.25, 0.3) is 99.5 Å². The fourth-order valence-corrected chi connectivity index (χ4v) is 15.0. The molecule has 2 aromatic heterocycles. The molecule has 0 fully saturated rings. The molecule has 5 heteroatoms. The summed E-state index contributed by atoms with van der Waals surface area (Å²) in [6.45, 7) is 13.9. The molecule has 2 aliphatic heterocycles. The minimum atomic E-state index is -0.188. The van der Waals surface area contributed by atoms with E-state index in [9.17, 15) is 0 Å². The van der Waals surface area contributed by atoms with Crippen molar-refractivity contribution in [2.75, 3.05) is 9.80 Å². The molecular formula is C86H67BN4. The second-order valence-electron chi connectivity index (χ2n) is 26.8. The number of fused-ring (bicyclic) bond motifs is 10. The molecule has 434 valence electrons. The topological polar surface area (TPSA) is 16.3 Å². The van der Waals surface area contributed by atoms with Gasteiger partial charge in [-0.05, 0) is 146 Å². The third-order valence-corrected chi connectivity index (χ3v) is 19.4. The maximum Gasteiger partial charge on any atom is 0.252 e. The van der Waals surface area contributed by atoms with Gasteiger partial charge in [0.1, 0.15) is 0 Å². The zero-order valence-corrected chi connectivity index (χ0v) is 52.2. The van der Waals surface area contributed by atoms with Gasteiger partial charge in [0, 0.05) is 77.9 Å². The largest absolute Gasteiger partial charge is 0.310 e. The van der Waals surface area contributed by atoms with Crippen molar-refractivity contribution in [3.05, 3.63) is 308 Å². The van der Waals surface area contributed by atoms with Gasteiger partial charge in [-0.1, -0.05) is 254 Å². The van der Waals surface area contributed by atoms with E-state index in [1.807, 2.05) is 0 Å². The molecular weight excluding hydrogens is 1100 g/mol. The minimum Gasteiger partial charge on any atom is -0.310 e. The Labute approximate surface area is 533 Å². The molecule has 0 amide bonds. The summed E-state index contributed by atoms with van der Waals surface area (Å²) in [6, 6.07) is 112. The Morgan fingerprint density at radius 1 is 0.264 bits per heavy atom. The molecule has 0 radical (unpaired) electrons. The number of hydrogen-bond donors (Lipinski definition) is 0. The zero-order chi connectivity index (χ0) is 61.3. The second kappa shape index (κ2) is 20.9. The molecule has 15 aromatic rings. The van der Waals surface area contributed by atoms with E-state index < -0.39 is 0 Å². The van der Waals surface area contributed by atoms with Crippen molar-refractivity contribution < 1.29 is 0 Å². The Morgan fingerprint density at radius 2 is 0.549 bits per heavy atom. The van der Waals surface area contributed by atoms with Crippen LogP contribution in [0.15, 0.2) is 297 Å². The molecule has 4 nitrogen and oxygen atoms in total. The number of para-hydroxylation sites is 4. The summed E-state index contributed by atoms with van der Waals surface area (Å²) in [5.41, 5.74) is 29.1. The van der Waals surface area contributed by atoms with E-state index in [0.29, 0.717) is 0 Å². The highest BCUT2D eigenvalue weighted by molar-refractivity contribution is 7.00. The minimum absolute atomic E-state index is 0.163. The quantitative estimate of drug-likeness (QED) is 0.141. The monoisotopic (exact) mass is 1170 g/mol. The van der Waals surface area contributed by atoms with Crippen LogP contribution in [0, 0.1) is 0 Å². The molecule has 4 heterocycles. The van der Waals surface area contributed by atoms with Crippen LogP contribution in [-0.4, -0.2) is 15.8 Å². The molecule has 0 saturated heterocycles. The normalized spacial score (nSPS) is 12.9. The lowest BCUT2D eigenvalue weighted by atomic mass is 9.33. The Morgan fingerprint density at radius 3 is 0.846 bits per heavy atom. The Kier molecular flexibility index (Phi) is 12.5. The zero-order valence-electron chi connectivity index (χ0n) is 52.2. The van der Waals surface area contributed by atoms with E-state index in [0.717, 1.165) is 67.8 Å². The average molecular weight is 1170 g/mol. The fraction of sp³-hybridized carbons (Fsp3) is 0.0930. The number of anilines is 6. The van der Waals surface area contributed by atoms with Gasteiger partial charge in [0.15, 0.2) is 0 Å². The molecule has 0 unspecified atom stereocenters. The summed E-state index contributed by atoms with van der Waals surface area (Å²) in [7, 11) is 0. The predicted molar refractivity (Wildman–Crippen MR) is 388 cm³/mol. The van der Waals surface area contributed by atoms with Crippen molar-refractivity contribution in [3.63, 3.8) is 0 Å². The average Bonchev–Trinajstić information content (AvgIpc) is 1.25. The summed E-state index contributed by atoms with van der Waals surface area (Å²) in [5, 5.41) is 4.94. The van der Waals surface area contributed by atoms with Gasteiger partial charge in [0.05, 0.1) is 33.4 Å². The molecule has 0 bridgehead atoms. The molecule has 0 atom stereocenters. The van der Waals surface area contributed by atoms with E-state index in [1.54, 1.807) is 0 Å². The van der Waals surface area contributed by atoms with Gasteiger partial charge in [-0.2, -0.15) is 0 Å². The first-order chi connectivity index (χ1) is 44.5.